The van der Waals surface area contributed by atoms with Crippen LogP contribution in [0.3, 0.4) is 0 Å². The largest absolute Gasteiger partial charge is 0.378 e. The van der Waals surface area contributed by atoms with Crippen LogP contribution in [-0.2, 0) is 16.0 Å². The molecule has 0 aromatic carbocycles. The molecule has 1 aromatic heterocycles. The van der Waals surface area contributed by atoms with Crippen LogP contribution in [0.25, 0.3) is 0 Å². The normalized spacial score (nSPS) is 28.0. The van der Waals surface area contributed by atoms with Crippen LogP contribution in [0.2, 0.25) is 0 Å². The fourth-order valence-corrected chi connectivity index (χ4v) is 5.05. The molecular weight excluding hydrogens is 378 g/mol. The third-order valence-corrected chi connectivity index (χ3v) is 6.89. The third-order valence-electron chi connectivity index (χ3n) is 6.89. The number of rotatable bonds is 7. The fraction of sp³-hybridized carbons (Fsp3) is 0.739. The first kappa shape index (κ1) is 21.4. The Labute approximate surface area is 180 Å². The summed E-state index contributed by atoms with van der Waals surface area (Å²) >= 11 is 0. The minimum absolute atomic E-state index is 0.244. The van der Waals surface area contributed by atoms with Crippen molar-refractivity contribution < 1.29 is 9.47 Å². The second kappa shape index (κ2) is 9.52. The Morgan fingerprint density at radius 1 is 1.40 bits per heavy atom. The molecule has 0 radical (unpaired) electrons. The Morgan fingerprint density at radius 3 is 2.97 bits per heavy atom. The van der Waals surface area contributed by atoms with Gasteiger partial charge in [0, 0.05) is 43.9 Å². The molecule has 2 heterocycles. The van der Waals surface area contributed by atoms with Gasteiger partial charge in [-0.2, -0.15) is 0 Å². The van der Waals surface area contributed by atoms with E-state index in [1.54, 1.807) is 0 Å². The molecule has 2 N–H and O–H groups in total. The van der Waals surface area contributed by atoms with Gasteiger partial charge >= 0.3 is 0 Å². The molecular formula is C23H37N5O2. The first-order valence-corrected chi connectivity index (χ1v) is 11.6. The van der Waals surface area contributed by atoms with Crippen molar-refractivity contribution in [3.05, 3.63) is 23.9 Å². The molecule has 3 atom stereocenters. The van der Waals surface area contributed by atoms with E-state index >= 15 is 0 Å². The van der Waals surface area contributed by atoms with Crippen molar-refractivity contribution in [1.29, 1.82) is 0 Å². The van der Waals surface area contributed by atoms with Crippen LogP contribution in [0.15, 0.2) is 23.3 Å². The highest BCUT2D eigenvalue weighted by Crippen LogP contribution is 2.57. The third kappa shape index (κ3) is 4.42. The van der Waals surface area contributed by atoms with Crippen molar-refractivity contribution in [3.63, 3.8) is 0 Å². The van der Waals surface area contributed by atoms with Crippen molar-refractivity contribution in [2.75, 3.05) is 37.7 Å². The van der Waals surface area contributed by atoms with Gasteiger partial charge in [0.15, 0.2) is 5.96 Å². The van der Waals surface area contributed by atoms with Gasteiger partial charge in [-0.05, 0) is 57.7 Å². The lowest BCUT2D eigenvalue weighted by molar-refractivity contribution is -0.168. The summed E-state index contributed by atoms with van der Waals surface area (Å²) in [6.07, 6.45) is 7.47. The number of guanidine groups is 1. The molecule has 7 heteroatoms. The average Bonchev–Trinajstić information content (AvgIpc) is 2.70. The van der Waals surface area contributed by atoms with E-state index in [2.05, 4.69) is 53.4 Å². The lowest BCUT2D eigenvalue weighted by Gasteiger charge is -2.61. The van der Waals surface area contributed by atoms with Crippen LogP contribution >= 0.6 is 0 Å². The van der Waals surface area contributed by atoms with Gasteiger partial charge in [-0.1, -0.05) is 6.42 Å². The minimum atomic E-state index is 0.244. The van der Waals surface area contributed by atoms with Gasteiger partial charge in [-0.15, -0.1) is 0 Å². The second-order valence-corrected chi connectivity index (χ2v) is 8.81. The summed E-state index contributed by atoms with van der Waals surface area (Å²) in [5.74, 6) is 1.92. The molecule has 2 saturated carbocycles. The van der Waals surface area contributed by atoms with E-state index in [9.17, 15) is 0 Å². The number of nitrogens with one attached hydrogen (secondary N) is 2. The highest BCUT2D eigenvalue weighted by Gasteiger charge is 2.59. The Kier molecular flexibility index (Phi) is 6.78. The molecule has 1 spiro atoms. The summed E-state index contributed by atoms with van der Waals surface area (Å²) in [6, 6.07) is 4.68. The van der Waals surface area contributed by atoms with E-state index in [-0.39, 0.29) is 6.10 Å². The number of aliphatic imine (C=N–C) groups is 1. The van der Waals surface area contributed by atoms with Gasteiger partial charge in [0.05, 0.1) is 25.4 Å². The molecule has 3 aliphatic rings. The topological polar surface area (TPSA) is 71.0 Å². The molecule has 4 rings (SSSR count). The summed E-state index contributed by atoms with van der Waals surface area (Å²) in [7, 11) is 0. The van der Waals surface area contributed by atoms with E-state index in [4.69, 9.17) is 14.5 Å². The Balaban J connectivity index is 1.39. The Morgan fingerprint density at radius 2 is 2.27 bits per heavy atom. The predicted octanol–water partition coefficient (Wildman–Crippen LogP) is 2.71. The predicted molar refractivity (Wildman–Crippen MR) is 120 cm³/mol. The van der Waals surface area contributed by atoms with Gasteiger partial charge < -0.3 is 25.0 Å². The van der Waals surface area contributed by atoms with E-state index in [1.807, 2.05) is 6.20 Å². The van der Waals surface area contributed by atoms with Crippen LogP contribution in [0, 0.1) is 5.41 Å². The van der Waals surface area contributed by atoms with Crippen molar-refractivity contribution in [2.45, 2.75) is 71.2 Å². The summed E-state index contributed by atoms with van der Waals surface area (Å²) in [6.45, 7) is 11.1. The highest BCUT2D eigenvalue weighted by molar-refractivity contribution is 5.80. The molecule has 1 aliphatic heterocycles. The second-order valence-electron chi connectivity index (χ2n) is 8.81. The molecule has 2 aliphatic carbocycles. The zero-order valence-electron chi connectivity index (χ0n) is 18.7. The van der Waals surface area contributed by atoms with Gasteiger partial charge in [0.1, 0.15) is 5.82 Å². The maximum atomic E-state index is 5.99. The number of hydrogen-bond acceptors (Lipinski definition) is 5. The van der Waals surface area contributed by atoms with Crippen LogP contribution in [0.4, 0.5) is 5.82 Å². The van der Waals surface area contributed by atoms with Gasteiger partial charge in [-0.25, -0.2) is 9.98 Å². The first-order valence-electron chi connectivity index (χ1n) is 11.6. The summed E-state index contributed by atoms with van der Waals surface area (Å²) in [5, 5.41) is 7.13. The summed E-state index contributed by atoms with van der Waals surface area (Å²) < 4.78 is 11.6. The van der Waals surface area contributed by atoms with Gasteiger partial charge in [0.2, 0.25) is 0 Å². The summed E-state index contributed by atoms with van der Waals surface area (Å²) in [4.78, 5) is 11.8. The molecule has 1 aromatic rings. The standard InChI is InChI=1S/C23H37N5O2/c1-4-24-22(27-19-14-20(29-5-2)23(19)8-6-9-23)26-15-18-7-10-25-21(13-18)28-11-12-30-17(3)16-28/h7,10,13,17,19-20H,4-6,8-9,11-12,14-16H2,1-3H3,(H2,24,26,27). The Hall–Kier alpha value is -1.86. The number of nitrogens with zero attached hydrogens (tertiary/aromatic N) is 3. The summed E-state index contributed by atoms with van der Waals surface area (Å²) in [5.41, 5.74) is 1.50. The molecule has 3 unspecified atom stereocenters. The quantitative estimate of drug-likeness (QED) is 0.527. The Bertz CT molecular complexity index is 736. The zero-order chi connectivity index (χ0) is 21.0. The maximum Gasteiger partial charge on any atom is 0.191 e. The van der Waals surface area contributed by atoms with Gasteiger partial charge in [0.25, 0.3) is 0 Å². The monoisotopic (exact) mass is 415 g/mol. The molecule has 3 fully saturated rings. The molecule has 1 saturated heterocycles. The highest BCUT2D eigenvalue weighted by atomic mass is 16.5. The van der Waals surface area contributed by atoms with E-state index in [0.717, 1.165) is 51.0 Å². The van der Waals surface area contributed by atoms with Gasteiger partial charge in [-0.3, -0.25) is 0 Å². The molecule has 7 nitrogen and oxygen atoms in total. The fourth-order valence-electron chi connectivity index (χ4n) is 5.05. The van der Waals surface area contributed by atoms with Crippen molar-refractivity contribution in [2.24, 2.45) is 10.4 Å². The SMILES string of the molecule is CCNC(=NCc1ccnc(N2CCOC(C)C2)c1)NC1CC(OCC)C12CCC2. The first-order chi connectivity index (χ1) is 14.6. The molecule has 30 heavy (non-hydrogen) atoms. The smallest absolute Gasteiger partial charge is 0.191 e. The lowest BCUT2D eigenvalue weighted by atomic mass is 9.51. The zero-order valence-corrected chi connectivity index (χ0v) is 18.7. The molecule has 0 bridgehead atoms. The van der Waals surface area contributed by atoms with Crippen molar-refractivity contribution in [3.8, 4) is 0 Å². The van der Waals surface area contributed by atoms with Crippen LogP contribution in [-0.4, -0.2) is 62.0 Å². The molecule has 166 valence electrons. The van der Waals surface area contributed by atoms with Crippen LogP contribution in [0.5, 0.6) is 0 Å². The minimum Gasteiger partial charge on any atom is -0.378 e. The number of pyridine rings is 1. The number of aromatic nitrogens is 1. The van der Waals surface area contributed by atoms with E-state index in [1.165, 1.54) is 24.8 Å². The van der Waals surface area contributed by atoms with Crippen molar-refractivity contribution >= 4 is 11.8 Å². The van der Waals surface area contributed by atoms with Crippen LogP contribution in [0.1, 0.15) is 52.0 Å². The number of ether oxygens (including phenoxy) is 2. The number of morpholine rings is 1. The van der Waals surface area contributed by atoms with Crippen molar-refractivity contribution in [1.82, 2.24) is 15.6 Å². The maximum absolute atomic E-state index is 5.99. The van der Waals surface area contributed by atoms with E-state index in [0.29, 0.717) is 24.1 Å². The molecule has 0 amide bonds. The number of hydrogen-bond donors (Lipinski definition) is 2. The average molecular weight is 416 g/mol. The van der Waals surface area contributed by atoms with Crippen LogP contribution < -0.4 is 15.5 Å². The van der Waals surface area contributed by atoms with E-state index < -0.39 is 0 Å². The lowest BCUT2D eigenvalue weighted by Crippen LogP contribution is -2.68. The number of anilines is 1.